The summed E-state index contributed by atoms with van der Waals surface area (Å²) in [4.78, 5) is 41.0. The topological polar surface area (TPSA) is 75.7 Å². The van der Waals surface area contributed by atoms with Crippen molar-refractivity contribution in [3.63, 3.8) is 0 Å². The Bertz CT molecular complexity index is 1110. The van der Waals surface area contributed by atoms with E-state index in [4.69, 9.17) is 4.74 Å². The molecule has 2 amide bonds. The fourth-order valence-corrected chi connectivity index (χ4v) is 6.85. The van der Waals surface area contributed by atoms with E-state index in [0.29, 0.717) is 38.2 Å². The largest absolute Gasteiger partial charge is 0.462 e. The van der Waals surface area contributed by atoms with Gasteiger partial charge < -0.3 is 15.0 Å². The lowest BCUT2D eigenvalue weighted by Crippen LogP contribution is -2.55. The Hall–Kier alpha value is -3.15. The highest BCUT2D eigenvalue weighted by atomic mass is 16.5. The first-order chi connectivity index (χ1) is 17.5. The predicted octanol–water partition coefficient (Wildman–Crippen LogP) is 4.59. The number of hydrogen-bond acceptors (Lipinski definition) is 4. The van der Waals surface area contributed by atoms with Crippen LogP contribution in [0.25, 0.3) is 0 Å². The maximum absolute atomic E-state index is 14.0. The zero-order chi connectivity index (χ0) is 25.2. The molecule has 1 aliphatic carbocycles. The molecule has 0 bridgehead atoms. The Morgan fingerprint density at radius 1 is 1.00 bits per heavy atom. The Morgan fingerprint density at radius 3 is 2.42 bits per heavy atom. The molecule has 0 radical (unpaired) electrons. The molecule has 2 saturated heterocycles. The molecule has 2 aromatic carbocycles. The van der Waals surface area contributed by atoms with Crippen molar-refractivity contribution in [2.45, 2.75) is 63.2 Å². The molecule has 1 spiro atoms. The molecular formula is C30H36N2O4. The maximum atomic E-state index is 14.0. The van der Waals surface area contributed by atoms with Crippen LogP contribution in [0.1, 0.15) is 79.3 Å². The minimum atomic E-state index is -0.414. The van der Waals surface area contributed by atoms with Crippen LogP contribution in [0.3, 0.4) is 0 Å². The molecule has 6 heteroatoms. The third-order valence-corrected chi connectivity index (χ3v) is 8.79. The van der Waals surface area contributed by atoms with Crippen molar-refractivity contribution in [3.05, 3.63) is 71.3 Å². The van der Waals surface area contributed by atoms with Crippen molar-refractivity contribution in [1.82, 2.24) is 10.2 Å². The molecule has 0 aromatic heterocycles. The average Bonchev–Trinajstić information content (AvgIpc) is 3.41. The van der Waals surface area contributed by atoms with Crippen molar-refractivity contribution in [2.24, 2.45) is 5.41 Å². The Labute approximate surface area is 213 Å². The minimum absolute atomic E-state index is 0.0733. The maximum Gasteiger partial charge on any atom is 0.338 e. The van der Waals surface area contributed by atoms with Gasteiger partial charge in [-0.05, 0) is 61.3 Å². The number of ether oxygens (including phenoxy) is 1. The van der Waals surface area contributed by atoms with Gasteiger partial charge in [-0.2, -0.15) is 0 Å². The smallest absolute Gasteiger partial charge is 0.338 e. The van der Waals surface area contributed by atoms with E-state index < -0.39 is 5.41 Å². The normalized spacial score (nSPS) is 22.8. The predicted molar refractivity (Wildman–Crippen MR) is 138 cm³/mol. The third-order valence-electron chi connectivity index (χ3n) is 8.79. The first kappa shape index (κ1) is 24.5. The van der Waals surface area contributed by atoms with Gasteiger partial charge in [-0.15, -0.1) is 0 Å². The SMILES string of the molecule is CCOC(=O)c1cccc(C2CNC(=O)CC23CCN(C(=O)C2(c4ccccc4)CCCC2)CC3)c1. The fourth-order valence-electron chi connectivity index (χ4n) is 6.85. The molecule has 3 fully saturated rings. The molecule has 2 aromatic rings. The van der Waals surface area contributed by atoms with Crippen LogP contribution in [0.2, 0.25) is 0 Å². The summed E-state index contributed by atoms with van der Waals surface area (Å²) in [6.07, 6.45) is 5.99. The second-order valence-electron chi connectivity index (χ2n) is 10.7. The van der Waals surface area contributed by atoms with E-state index in [1.807, 2.05) is 36.4 Å². The summed E-state index contributed by atoms with van der Waals surface area (Å²) in [6, 6.07) is 17.9. The molecule has 1 saturated carbocycles. The number of benzene rings is 2. The van der Waals surface area contributed by atoms with E-state index in [9.17, 15) is 14.4 Å². The number of piperidine rings is 2. The number of likely N-dealkylation sites (tertiary alicyclic amines) is 1. The number of nitrogens with zero attached hydrogens (tertiary/aromatic N) is 1. The lowest BCUT2D eigenvalue weighted by atomic mass is 9.62. The second kappa shape index (κ2) is 10.1. The van der Waals surface area contributed by atoms with Gasteiger partial charge in [0.05, 0.1) is 17.6 Å². The molecule has 1 N–H and O–H groups in total. The quantitative estimate of drug-likeness (QED) is 0.625. The minimum Gasteiger partial charge on any atom is -0.462 e. The van der Waals surface area contributed by atoms with E-state index in [1.165, 1.54) is 0 Å². The number of amides is 2. The number of hydrogen-bond donors (Lipinski definition) is 1. The van der Waals surface area contributed by atoms with Gasteiger partial charge in [0.25, 0.3) is 0 Å². The van der Waals surface area contributed by atoms with Crippen molar-refractivity contribution < 1.29 is 19.1 Å². The number of esters is 1. The van der Waals surface area contributed by atoms with Crippen LogP contribution in [0.15, 0.2) is 54.6 Å². The summed E-state index contributed by atoms with van der Waals surface area (Å²) in [7, 11) is 0. The van der Waals surface area contributed by atoms with E-state index in [-0.39, 0.29) is 29.1 Å². The van der Waals surface area contributed by atoms with Gasteiger partial charge in [0.15, 0.2) is 0 Å². The molecule has 36 heavy (non-hydrogen) atoms. The van der Waals surface area contributed by atoms with Gasteiger partial charge in [0.1, 0.15) is 0 Å². The highest BCUT2D eigenvalue weighted by Crippen LogP contribution is 2.50. The summed E-state index contributed by atoms with van der Waals surface area (Å²) in [5.74, 6) is 0.0964. The summed E-state index contributed by atoms with van der Waals surface area (Å²) >= 11 is 0. The van der Waals surface area contributed by atoms with Gasteiger partial charge in [-0.1, -0.05) is 55.3 Å². The average molecular weight is 489 g/mol. The lowest BCUT2D eigenvalue weighted by Gasteiger charge is -2.50. The zero-order valence-electron chi connectivity index (χ0n) is 21.1. The molecule has 190 valence electrons. The summed E-state index contributed by atoms with van der Waals surface area (Å²) in [5, 5.41) is 3.05. The molecule has 6 nitrogen and oxygen atoms in total. The van der Waals surface area contributed by atoms with Gasteiger partial charge in [0.2, 0.25) is 11.8 Å². The van der Waals surface area contributed by atoms with Gasteiger partial charge in [-0.3, -0.25) is 9.59 Å². The molecule has 2 aliphatic heterocycles. The van der Waals surface area contributed by atoms with Crippen LogP contribution in [0, 0.1) is 5.41 Å². The summed E-state index contributed by atoms with van der Waals surface area (Å²) in [5.41, 5.74) is 2.10. The molecular weight excluding hydrogens is 452 g/mol. The standard InChI is InChI=1S/C30H36N2O4/c1-2-36-27(34)23-10-8-9-22(19-23)25-21-31-26(33)20-29(25)15-17-32(18-16-29)28(35)30(13-6-7-14-30)24-11-4-3-5-12-24/h3-5,8-12,19,25H,2,6-7,13-18,20-21H2,1H3,(H,31,33). The van der Waals surface area contributed by atoms with E-state index >= 15 is 0 Å². The number of carbonyl (C=O) groups excluding carboxylic acids is 3. The third kappa shape index (κ3) is 4.42. The fraction of sp³-hybridized carbons (Fsp3) is 0.500. The first-order valence-electron chi connectivity index (χ1n) is 13.4. The summed E-state index contributed by atoms with van der Waals surface area (Å²) < 4.78 is 5.21. The van der Waals surface area contributed by atoms with Crippen LogP contribution >= 0.6 is 0 Å². The molecule has 2 heterocycles. The van der Waals surface area contributed by atoms with Crippen LogP contribution in [0.5, 0.6) is 0 Å². The van der Waals surface area contributed by atoms with Crippen molar-refractivity contribution in [2.75, 3.05) is 26.2 Å². The Morgan fingerprint density at radius 2 is 1.72 bits per heavy atom. The second-order valence-corrected chi connectivity index (χ2v) is 10.7. The highest BCUT2D eigenvalue weighted by molar-refractivity contribution is 5.90. The van der Waals surface area contributed by atoms with Crippen LogP contribution in [0.4, 0.5) is 0 Å². The van der Waals surface area contributed by atoms with Crippen LogP contribution in [-0.4, -0.2) is 48.9 Å². The van der Waals surface area contributed by atoms with Crippen molar-refractivity contribution in [1.29, 1.82) is 0 Å². The van der Waals surface area contributed by atoms with Gasteiger partial charge >= 0.3 is 5.97 Å². The van der Waals surface area contributed by atoms with E-state index in [1.54, 1.807) is 13.0 Å². The number of nitrogens with one attached hydrogen (secondary N) is 1. The van der Waals surface area contributed by atoms with Gasteiger partial charge in [0, 0.05) is 32.0 Å². The molecule has 1 atom stereocenters. The lowest BCUT2D eigenvalue weighted by molar-refractivity contribution is -0.141. The van der Waals surface area contributed by atoms with E-state index in [0.717, 1.165) is 49.7 Å². The number of carbonyl (C=O) groups is 3. The Kier molecular flexibility index (Phi) is 6.87. The zero-order valence-corrected chi connectivity index (χ0v) is 21.1. The van der Waals surface area contributed by atoms with Crippen LogP contribution < -0.4 is 5.32 Å². The van der Waals surface area contributed by atoms with Crippen molar-refractivity contribution in [3.8, 4) is 0 Å². The summed E-state index contributed by atoms with van der Waals surface area (Å²) in [6.45, 7) is 4.01. The molecule has 1 unspecified atom stereocenters. The molecule has 5 rings (SSSR count). The van der Waals surface area contributed by atoms with Crippen molar-refractivity contribution >= 4 is 17.8 Å². The molecule has 3 aliphatic rings. The highest BCUT2D eigenvalue weighted by Gasteiger charge is 2.50. The monoisotopic (exact) mass is 488 g/mol. The first-order valence-corrected chi connectivity index (χ1v) is 13.4. The van der Waals surface area contributed by atoms with Crippen LogP contribution in [-0.2, 0) is 19.7 Å². The number of rotatable bonds is 5. The Balaban J connectivity index is 1.37. The van der Waals surface area contributed by atoms with Gasteiger partial charge in [-0.25, -0.2) is 4.79 Å². The van der Waals surface area contributed by atoms with E-state index in [2.05, 4.69) is 22.3 Å².